The van der Waals surface area contributed by atoms with Crippen molar-refractivity contribution in [2.24, 2.45) is 0 Å². The number of nitrogens with one attached hydrogen (secondary N) is 2. The van der Waals surface area contributed by atoms with Gasteiger partial charge in [0.15, 0.2) is 0 Å². The van der Waals surface area contributed by atoms with Gasteiger partial charge in [0.05, 0.1) is 18.7 Å². The molecule has 6 heteroatoms. The molecule has 2 aromatic carbocycles. The van der Waals surface area contributed by atoms with E-state index in [-0.39, 0.29) is 18.4 Å². The summed E-state index contributed by atoms with van der Waals surface area (Å²) in [7, 11) is 0. The lowest BCUT2D eigenvalue weighted by Gasteiger charge is -2.09. The predicted molar refractivity (Wildman–Crippen MR) is 99.1 cm³/mol. The van der Waals surface area contributed by atoms with Crippen molar-refractivity contribution in [3.05, 3.63) is 64.7 Å². The molecule has 0 aliphatic heterocycles. The number of ether oxygens (including phenoxy) is 1. The van der Waals surface area contributed by atoms with Crippen molar-refractivity contribution in [1.82, 2.24) is 5.32 Å². The van der Waals surface area contributed by atoms with E-state index >= 15 is 0 Å². The molecule has 0 aromatic heterocycles. The average Bonchev–Trinajstić information content (AvgIpc) is 2.62. The van der Waals surface area contributed by atoms with E-state index in [2.05, 4.69) is 10.6 Å². The zero-order chi connectivity index (χ0) is 18.1. The standard InChI is InChI=1S/C19H21ClN2O3/c1-2-25-19(24)15-5-9-17(10-6-15)22-13-18(23)21-12-11-14-3-7-16(20)8-4-14/h3-10,22H,2,11-13H2,1H3,(H,21,23). The second kappa shape index (κ2) is 9.69. The Balaban J connectivity index is 1.70. The SMILES string of the molecule is CCOC(=O)c1ccc(NCC(=O)NCCc2ccc(Cl)cc2)cc1. The van der Waals surface area contributed by atoms with Crippen molar-refractivity contribution < 1.29 is 14.3 Å². The Morgan fingerprint density at radius 3 is 2.36 bits per heavy atom. The summed E-state index contributed by atoms with van der Waals surface area (Å²) >= 11 is 5.83. The van der Waals surface area contributed by atoms with Crippen LogP contribution in [0.25, 0.3) is 0 Å². The molecule has 0 atom stereocenters. The van der Waals surface area contributed by atoms with Gasteiger partial charge in [-0.1, -0.05) is 23.7 Å². The second-order valence-electron chi connectivity index (χ2n) is 5.38. The maximum atomic E-state index is 11.9. The maximum Gasteiger partial charge on any atom is 0.338 e. The zero-order valence-corrected chi connectivity index (χ0v) is 14.8. The molecule has 0 bridgehead atoms. The molecule has 2 N–H and O–H groups in total. The Bertz CT molecular complexity index is 700. The summed E-state index contributed by atoms with van der Waals surface area (Å²) in [5, 5.41) is 6.57. The van der Waals surface area contributed by atoms with E-state index in [1.54, 1.807) is 31.2 Å². The van der Waals surface area contributed by atoms with Gasteiger partial charge in [-0.15, -0.1) is 0 Å². The Labute approximate surface area is 152 Å². The number of rotatable bonds is 8. The number of benzene rings is 2. The fourth-order valence-electron chi connectivity index (χ4n) is 2.18. The first-order chi connectivity index (χ1) is 12.1. The first kappa shape index (κ1) is 18.8. The Hall–Kier alpha value is -2.53. The van der Waals surface area contributed by atoms with Crippen LogP contribution in [0.5, 0.6) is 0 Å². The summed E-state index contributed by atoms with van der Waals surface area (Å²) in [4.78, 5) is 23.4. The van der Waals surface area contributed by atoms with Crippen LogP contribution < -0.4 is 10.6 Å². The summed E-state index contributed by atoms with van der Waals surface area (Å²) in [5.41, 5.74) is 2.37. The van der Waals surface area contributed by atoms with Crippen LogP contribution in [0, 0.1) is 0 Å². The van der Waals surface area contributed by atoms with Gasteiger partial charge in [0.25, 0.3) is 0 Å². The first-order valence-corrected chi connectivity index (χ1v) is 8.48. The minimum absolute atomic E-state index is 0.0940. The normalized spacial score (nSPS) is 10.2. The molecule has 0 fully saturated rings. The van der Waals surface area contributed by atoms with Crippen LogP contribution in [0.3, 0.4) is 0 Å². The van der Waals surface area contributed by atoms with E-state index in [0.29, 0.717) is 23.7 Å². The van der Waals surface area contributed by atoms with Crippen molar-refractivity contribution in [2.45, 2.75) is 13.3 Å². The van der Waals surface area contributed by atoms with Gasteiger partial charge < -0.3 is 15.4 Å². The summed E-state index contributed by atoms with van der Waals surface area (Å²) in [5.74, 6) is -0.447. The van der Waals surface area contributed by atoms with E-state index in [1.807, 2.05) is 24.3 Å². The summed E-state index contributed by atoms with van der Waals surface area (Å²) in [6, 6.07) is 14.4. The number of hydrogen-bond donors (Lipinski definition) is 2. The number of hydrogen-bond acceptors (Lipinski definition) is 4. The van der Waals surface area contributed by atoms with Gasteiger partial charge in [0.2, 0.25) is 5.91 Å². The van der Waals surface area contributed by atoms with Crippen molar-refractivity contribution >= 4 is 29.2 Å². The molecule has 0 saturated heterocycles. The van der Waals surface area contributed by atoms with Crippen LogP contribution in [-0.2, 0) is 16.0 Å². The molecular formula is C19H21ClN2O3. The third-order valence-corrected chi connectivity index (χ3v) is 3.75. The van der Waals surface area contributed by atoms with Crippen molar-refractivity contribution in [1.29, 1.82) is 0 Å². The smallest absolute Gasteiger partial charge is 0.338 e. The van der Waals surface area contributed by atoms with Gasteiger partial charge in [-0.3, -0.25) is 4.79 Å². The molecule has 2 aromatic rings. The molecule has 2 rings (SSSR count). The molecule has 0 aliphatic rings. The highest BCUT2D eigenvalue weighted by Gasteiger charge is 2.06. The van der Waals surface area contributed by atoms with Gasteiger partial charge in [-0.2, -0.15) is 0 Å². The molecule has 0 unspecified atom stereocenters. The Morgan fingerprint density at radius 1 is 1.04 bits per heavy atom. The third-order valence-electron chi connectivity index (χ3n) is 3.50. The van der Waals surface area contributed by atoms with Crippen LogP contribution in [0.2, 0.25) is 5.02 Å². The van der Waals surface area contributed by atoms with E-state index in [0.717, 1.165) is 17.7 Å². The van der Waals surface area contributed by atoms with Gasteiger partial charge in [0, 0.05) is 17.3 Å². The third kappa shape index (κ3) is 6.47. The lowest BCUT2D eigenvalue weighted by Crippen LogP contribution is -2.31. The molecule has 25 heavy (non-hydrogen) atoms. The highest BCUT2D eigenvalue weighted by molar-refractivity contribution is 6.30. The highest BCUT2D eigenvalue weighted by Crippen LogP contribution is 2.11. The van der Waals surface area contributed by atoms with Gasteiger partial charge >= 0.3 is 5.97 Å². The number of amides is 1. The van der Waals surface area contributed by atoms with Crippen LogP contribution >= 0.6 is 11.6 Å². The summed E-state index contributed by atoms with van der Waals surface area (Å²) in [6.07, 6.45) is 0.747. The molecule has 5 nitrogen and oxygen atoms in total. The van der Waals surface area contributed by atoms with E-state index in [9.17, 15) is 9.59 Å². The fourth-order valence-corrected chi connectivity index (χ4v) is 2.31. The van der Waals surface area contributed by atoms with Crippen molar-refractivity contribution in [2.75, 3.05) is 25.0 Å². The van der Waals surface area contributed by atoms with Crippen LogP contribution in [0.1, 0.15) is 22.8 Å². The Kier molecular flexibility index (Phi) is 7.29. The van der Waals surface area contributed by atoms with E-state index in [4.69, 9.17) is 16.3 Å². The van der Waals surface area contributed by atoms with Gasteiger partial charge in [0.1, 0.15) is 0 Å². The minimum atomic E-state index is -0.353. The topological polar surface area (TPSA) is 67.4 Å². The number of esters is 1. The quantitative estimate of drug-likeness (QED) is 0.709. The predicted octanol–water partition coefficient (Wildman–Crippen LogP) is 3.29. The van der Waals surface area contributed by atoms with Crippen LogP contribution in [0.4, 0.5) is 5.69 Å². The van der Waals surface area contributed by atoms with E-state index in [1.165, 1.54) is 0 Å². The molecule has 132 valence electrons. The van der Waals surface area contributed by atoms with Crippen LogP contribution in [0.15, 0.2) is 48.5 Å². The number of carbonyl (C=O) groups is 2. The largest absolute Gasteiger partial charge is 0.462 e. The summed E-state index contributed by atoms with van der Waals surface area (Å²) < 4.78 is 4.92. The lowest BCUT2D eigenvalue weighted by molar-refractivity contribution is -0.119. The number of halogens is 1. The monoisotopic (exact) mass is 360 g/mol. The summed E-state index contributed by atoms with van der Waals surface area (Å²) in [6.45, 7) is 2.83. The van der Waals surface area contributed by atoms with Gasteiger partial charge in [-0.25, -0.2) is 4.79 Å². The molecular weight excluding hydrogens is 340 g/mol. The van der Waals surface area contributed by atoms with Gasteiger partial charge in [-0.05, 0) is 55.3 Å². The molecule has 1 amide bonds. The molecule has 0 radical (unpaired) electrons. The average molecular weight is 361 g/mol. The first-order valence-electron chi connectivity index (χ1n) is 8.10. The van der Waals surface area contributed by atoms with Crippen LogP contribution in [-0.4, -0.2) is 31.6 Å². The minimum Gasteiger partial charge on any atom is -0.462 e. The number of anilines is 1. The van der Waals surface area contributed by atoms with Crippen molar-refractivity contribution in [3.8, 4) is 0 Å². The number of carbonyl (C=O) groups excluding carboxylic acids is 2. The Morgan fingerprint density at radius 2 is 1.72 bits per heavy atom. The zero-order valence-electron chi connectivity index (χ0n) is 14.0. The molecule has 0 aliphatic carbocycles. The molecule has 0 heterocycles. The molecule has 0 spiro atoms. The maximum absolute atomic E-state index is 11.9. The highest BCUT2D eigenvalue weighted by atomic mass is 35.5. The lowest BCUT2D eigenvalue weighted by atomic mass is 10.1. The fraction of sp³-hybridized carbons (Fsp3) is 0.263. The van der Waals surface area contributed by atoms with Crippen molar-refractivity contribution in [3.63, 3.8) is 0 Å². The molecule has 0 saturated carbocycles. The van der Waals surface area contributed by atoms with E-state index < -0.39 is 0 Å². The second-order valence-corrected chi connectivity index (χ2v) is 5.81.